The summed E-state index contributed by atoms with van der Waals surface area (Å²) in [6.45, 7) is 1.61. The molecule has 1 unspecified atom stereocenters. The van der Waals surface area contributed by atoms with E-state index in [1.54, 1.807) is 6.92 Å². The summed E-state index contributed by atoms with van der Waals surface area (Å²) < 4.78 is 4.79. The van der Waals surface area contributed by atoms with Gasteiger partial charge in [0, 0.05) is 0 Å². The highest BCUT2D eigenvalue weighted by atomic mass is 32.1. The van der Waals surface area contributed by atoms with Crippen LogP contribution in [0.5, 0.6) is 0 Å². The minimum absolute atomic E-state index is 0.490. The lowest BCUT2D eigenvalue weighted by Crippen LogP contribution is -2.54. The third kappa shape index (κ3) is 1.68. The van der Waals surface area contributed by atoms with Gasteiger partial charge < -0.3 is 20.1 Å². The molecule has 1 aliphatic heterocycles. The van der Waals surface area contributed by atoms with Crippen LogP contribution in [0.4, 0.5) is 0 Å². The van der Waals surface area contributed by atoms with Crippen molar-refractivity contribution in [2.75, 3.05) is 0 Å². The summed E-state index contributed by atoms with van der Waals surface area (Å²) in [5.74, 6) is 0. The maximum atomic E-state index is 9.26. The normalized spacial score (nSPS) is 52.6. The molecule has 0 aliphatic carbocycles. The van der Waals surface area contributed by atoms with E-state index < -0.39 is 29.9 Å². The number of ether oxygens (including phenoxy) is 1. The summed E-state index contributed by atoms with van der Waals surface area (Å²) in [5.41, 5.74) is 0. The zero-order valence-electron chi connectivity index (χ0n) is 6.08. The molecule has 0 aromatic carbocycles. The second kappa shape index (κ2) is 3.28. The van der Waals surface area contributed by atoms with E-state index >= 15 is 0 Å². The maximum absolute atomic E-state index is 9.26. The summed E-state index contributed by atoms with van der Waals surface area (Å²) in [6, 6.07) is 0. The first-order chi connectivity index (χ1) is 5.04. The van der Waals surface area contributed by atoms with Crippen LogP contribution in [0.25, 0.3) is 0 Å². The predicted octanol–water partition coefficient (Wildman–Crippen LogP) is -1.26. The Labute approximate surface area is 70.2 Å². The van der Waals surface area contributed by atoms with E-state index in [4.69, 9.17) is 14.9 Å². The number of aliphatic hydroxyl groups excluding tert-OH is 3. The Kier molecular flexibility index (Phi) is 2.77. The van der Waals surface area contributed by atoms with E-state index in [9.17, 15) is 5.11 Å². The molecule has 66 valence electrons. The molecule has 0 radical (unpaired) electrons. The molecule has 1 saturated heterocycles. The van der Waals surface area contributed by atoms with E-state index in [-0.39, 0.29) is 0 Å². The topological polar surface area (TPSA) is 69.9 Å². The lowest BCUT2D eigenvalue weighted by Gasteiger charge is -2.37. The van der Waals surface area contributed by atoms with Gasteiger partial charge in [0.2, 0.25) is 0 Å². The molecule has 0 spiro atoms. The fourth-order valence-corrected chi connectivity index (χ4v) is 1.42. The van der Waals surface area contributed by atoms with Crippen LogP contribution < -0.4 is 0 Å². The minimum atomic E-state index is -1.24. The van der Waals surface area contributed by atoms with Gasteiger partial charge in [-0.1, -0.05) is 0 Å². The van der Waals surface area contributed by atoms with E-state index in [1.807, 2.05) is 0 Å². The van der Waals surface area contributed by atoms with Gasteiger partial charge in [0.05, 0.1) is 17.5 Å². The van der Waals surface area contributed by atoms with Crippen molar-refractivity contribution in [3.8, 4) is 0 Å². The summed E-state index contributed by atoms with van der Waals surface area (Å²) in [6.07, 6.45) is -3.69. The van der Waals surface area contributed by atoms with Gasteiger partial charge in [-0.05, 0) is 6.92 Å². The van der Waals surface area contributed by atoms with Crippen molar-refractivity contribution in [3.63, 3.8) is 0 Å². The fourth-order valence-electron chi connectivity index (χ4n) is 1.03. The zero-order chi connectivity index (χ0) is 8.59. The molecule has 1 rings (SSSR count). The van der Waals surface area contributed by atoms with Crippen LogP contribution in [0.2, 0.25) is 0 Å². The average molecular weight is 180 g/mol. The van der Waals surface area contributed by atoms with Crippen molar-refractivity contribution in [1.82, 2.24) is 0 Å². The Bertz CT molecular complexity index is 129. The first-order valence-electron chi connectivity index (χ1n) is 3.41. The lowest BCUT2D eigenvalue weighted by molar-refractivity contribution is -0.236. The van der Waals surface area contributed by atoms with Crippen molar-refractivity contribution in [2.24, 2.45) is 0 Å². The van der Waals surface area contributed by atoms with Gasteiger partial charge in [0.1, 0.15) is 6.10 Å². The number of rotatable bonds is 0. The molecule has 4 nitrogen and oxygen atoms in total. The molecule has 0 saturated carbocycles. The summed E-state index contributed by atoms with van der Waals surface area (Å²) in [5, 5.41) is 26.7. The first kappa shape index (κ1) is 9.28. The highest BCUT2D eigenvalue weighted by molar-refractivity contribution is 7.81. The van der Waals surface area contributed by atoms with Crippen LogP contribution >= 0.6 is 12.6 Å². The molecule has 0 bridgehead atoms. The van der Waals surface area contributed by atoms with E-state index in [0.29, 0.717) is 0 Å². The standard InChI is InChI=1S/C6H12O4S/c1-2-3(7)5(11)4(8)6(9)10-2/h2-9,11H,1H3/t2-,3+,4-,5+,6?/m0/s1. The lowest BCUT2D eigenvalue weighted by atomic mass is 10.0. The van der Waals surface area contributed by atoms with Gasteiger partial charge in [0.15, 0.2) is 6.29 Å². The largest absolute Gasteiger partial charge is 0.389 e. The van der Waals surface area contributed by atoms with Crippen LogP contribution in [0, 0.1) is 0 Å². The van der Waals surface area contributed by atoms with Gasteiger partial charge in [0.25, 0.3) is 0 Å². The third-order valence-corrected chi connectivity index (χ3v) is 2.44. The van der Waals surface area contributed by atoms with Crippen LogP contribution in [-0.4, -0.2) is 45.2 Å². The second-order valence-electron chi connectivity index (χ2n) is 2.70. The van der Waals surface area contributed by atoms with E-state index in [0.717, 1.165) is 0 Å². The second-order valence-corrected chi connectivity index (χ2v) is 3.30. The Balaban J connectivity index is 2.63. The number of hydrogen-bond acceptors (Lipinski definition) is 5. The maximum Gasteiger partial charge on any atom is 0.182 e. The van der Waals surface area contributed by atoms with Crippen LogP contribution in [0.3, 0.4) is 0 Å². The molecule has 5 heteroatoms. The molecule has 1 fully saturated rings. The summed E-state index contributed by atoms with van der Waals surface area (Å²) in [7, 11) is 0. The van der Waals surface area contributed by atoms with E-state index in [1.165, 1.54) is 0 Å². The molecule has 0 aromatic rings. The Hall–Kier alpha value is 0.190. The van der Waals surface area contributed by atoms with Crippen LogP contribution in [0.1, 0.15) is 6.92 Å². The molecule has 5 atom stereocenters. The van der Waals surface area contributed by atoms with Crippen LogP contribution in [-0.2, 0) is 4.74 Å². The van der Waals surface area contributed by atoms with Gasteiger partial charge in [-0.3, -0.25) is 0 Å². The third-order valence-electron chi connectivity index (χ3n) is 1.83. The highest BCUT2D eigenvalue weighted by Crippen LogP contribution is 2.22. The SMILES string of the molecule is C[C@@H]1OC(O)[C@@H](O)[C@H](S)[C@@H]1O. The molecule has 1 heterocycles. The molecular weight excluding hydrogens is 168 g/mol. The number of aliphatic hydroxyl groups is 3. The molecule has 0 aromatic heterocycles. The van der Waals surface area contributed by atoms with Crippen molar-refractivity contribution >= 4 is 12.6 Å². The zero-order valence-corrected chi connectivity index (χ0v) is 6.98. The molecule has 3 N–H and O–H groups in total. The van der Waals surface area contributed by atoms with Crippen molar-refractivity contribution in [2.45, 2.75) is 36.8 Å². The molecule has 1 aliphatic rings. The van der Waals surface area contributed by atoms with Gasteiger partial charge >= 0.3 is 0 Å². The van der Waals surface area contributed by atoms with Crippen molar-refractivity contribution in [3.05, 3.63) is 0 Å². The Morgan fingerprint density at radius 1 is 1.18 bits per heavy atom. The smallest absolute Gasteiger partial charge is 0.182 e. The van der Waals surface area contributed by atoms with Gasteiger partial charge in [-0.25, -0.2) is 0 Å². The van der Waals surface area contributed by atoms with E-state index in [2.05, 4.69) is 12.6 Å². The fraction of sp³-hybridized carbons (Fsp3) is 1.00. The molecule has 0 amide bonds. The highest BCUT2D eigenvalue weighted by Gasteiger charge is 2.39. The predicted molar refractivity (Wildman–Crippen MR) is 41.3 cm³/mol. The summed E-state index contributed by atoms with van der Waals surface area (Å²) >= 11 is 3.93. The molecule has 11 heavy (non-hydrogen) atoms. The van der Waals surface area contributed by atoms with Crippen LogP contribution in [0.15, 0.2) is 0 Å². The Morgan fingerprint density at radius 3 is 2.27 bits per heavy atom. The monoisotopic (exact) mass is 180 g/mol. The van der Waals surface area contributed by atoms with Crippen molar-refractivity contribution < 1.29 is 20.1 Å². The average Bonchev–Trinajstić information content (AvgIpc) is 1.97. The Morgan fingerprint density at radius 2 is 1.73 bits per heavy atom. The molecular formula is C6H12O4S. The van der Waals surface area contributed by atoms with Crippen molar-refractivity contribution in [1.29, 1.82) is 0 Å². The first-order valence-corrected chi connectivity index (χ1v) is 3.93. The minimum Gasteiger partial charge on any atom is -0.389 e. The number of hydrogen-bond donors (Lipinski definition) is 4. The quantitative estimate of drug-likeness (QED) is 0.351. The van der Waals surface area contributed by atoms with Gasteiger partial charge in [-0.2, -0.15) is 12.6 Å². The summed E-state index contributed by atoms with van der Waals surface area (Å²) in [4.78, 5) is 0. The van der Waals surface area contributed by atoms with Gasteiger partial charge in [-0.15, -0.1) is 0 Å². The number of thiol groups is 1.